The monoisotopic (exact) mass is 520 g/mol. The average Bonchev–Trinajstić information content (AvgIpc) is 3.29. The van der Waals surface area contributed by atoms with Gasteiger partial charge in [0.15, 0.2) is 11.0 Å². The molecule has 0 fully saturated rings. The third-order valence-electron chi connectivity index (χ3n) is 5.17. The maximum absolute atomic E-state index is 13.5. The van der Waals surface area contributed by atoms with E-state index in [1.54, 1.807) is 10.6 Å². The summed E-state index contributed by atoms with van der Waals surface area (Å²) in [6.45, 7) is 1.90. The summed E-state index contributed by atoms with van der Waals surface area (Å²) in [5.41, 5.74) is 2.36. The van der Waals surface area contributed by atoms with Crippen LogP contribution in [0.1, 0.15) is 21.7 Å². The van der Waals surface area contributed by atoms with Crippen LogP contribution >= 0.6 is 11.8 Å². The van der Waals surface area contributed by atoms with Gasteiger partial charge < -0.3 is 10.6 Å². The van der Waals surface area contributed by atoms with Crippen LogP contribution in [0.5, 0.6) is 0 Å². The van der Waals surface area contributed by atoms with Crippen molar-refractivity contribution >= 4 is 35.0 Å². The Bertz CT molecular complexity index is 1440. The molecule has 2 N–H and O–H groups in total. The number of non-ortho nitro benzene ring substituents is 1. The van der Waals surface area contributed by atoms with Crippen molar-refractivity contribution in [2.75, 3.05) is 11.1 Å². The molecule has 0 saturated heterocycles. The molecular formula is C25H21FN6O4S. The molecule has 1 aromatic heterocycles. The number of halogens is 1. The van der Waals surface area contributed by atoms with Crippen LogP contribution in [0.15, 0.2) is 78.0 Å². The lowest BCUT2D eigenvalue weighted by molar-refractivity contribution is -0.384. The quantitative estimate of drug-likeness (QED) is 0.191. The average molecular weight is 521 g/mol. The Hall–Kier alpha value is -4.58. The number of aromatic nitrogens is 3. The van der Waals surface area contributed by atoms with Crippen molar-refractivity contribution < 1.29 is 18.9 Å². The molecule has 188 valence electrons. The molecule has 0 aliphatic rings. The van der Waals surface area contributed by atoms with Gasteiger partial charge in [-0.15, -0.1) is 10.2 Å². The minimum atomic E-state index is -0.548. The van der Waals surface area contributed by atoms with Crippen molar-refractivity contribution in [3.63, 3.8) is 0 Å². The van der Waals surface area contributed by atoms with Crippen molar-refractivity contribution in [3.05, 3.63) is 106 Å². The van der Waals surface area contributed by atoms with Gasteiger partial charge in [0.25, 0.3) is 11.6 Å². The fourth-order valence-electron chi connectivity index (χ4n) is 3.40. The molecule has 0 radical (unpaired) electrons. The predicted octanol–water partition coefficient (Wildman–Crippen LogP) is 4.28. The number of nitrogens with zero attached hydrogens (tertiary/aromatic N) is 4. The van der Waals surface area contributed by atoms with Crippen LogP contribution in [-0.4, -0.2) is 37.3 Å². The van der Waals surface area contributed by atoms with Crippen LogP contribution in [0, 0.1) is 22.9 Å². The molecule has 0 unspecified atom stereocenters. The van der Waals surface area contributed by atoms with E-state index in [-0.39, 0.29) is 29.5 Å². The standard InChI is InChI=1S/C25H21FN6O4S/c1-16-3-2-4-19(13-16)28-23(33)15-37-25-30-29-22(31(25)20-11-7-18(26)8-12-20)14-27-24(34)17-5-9-21(10-6-17)32(35)36/h2-13H,14-15H2,1H3,(H,27,34)(H,28,33). The first-order valence-corrected chi connectivity index (χ1v) is 12.0. The Labute approximate surface area is 215 Å². The number of hydrogen-bond donors (Lipinski definition) is 2. The van der Waals surface area contributed by atoms with Gasteiger partial charge in [0.05, 0.1) is 17.2 Å². The van der Waals surface area contributed by atoms with E-state index in [0.717, 1.165) is 17.3 Å². The van der Waals surface area contributed by atoms with Gasteiger partial charge in [0.2, 0.25) is 5.91 Å². The SMILES string of the molecule is Cc1cccc(NC(=O)CSc2nnc(CNC(=O)c3ccc([N+](=O)[O-])cc3)n2-c2ccc(F)cc2)c1. The predicted molar refractivity (Wildman–Crippen MR) is 136 cm³/mol. The summed E-state index contributed by atoms with van der Waals surface area (Å²) in [6.07, 6.45) is 0. The maximum atomic E-state index is 13.5. The van der Waals surface area contributed by atoms with Gasteiger partial charge >= 0.3 is 0 Å². The van der Waals surface area contributed by atoms with Crippen molar-refractivity contribution in [2.45, 2.75) is 18.6 Å². The van der Waals surface area contributed by atoms with Crippen molar-refractivity contribution in [2.24, 2.45) is 0 Å². The fourth-order valence-corrected chi connectivity index (χ4v) is 4.17. The Balaban J connectivity index is 1.49. The smallest absolute Gasteiger partial charge is 0.269 e. The zero-order valence-corrected chi connectivity index (χ0v) is 20.4. The number of thioether (sulfide) groups is 1. The minimum absolute atomic E-state index is 0.0315. The van der Waals surface area contributed by atoms with Crippen LogP contribution in [0.3, 0.4) is 0 Å². The molecule has 2 amide bonds. The zero-order valence-electron chi connectivity index (χ0n) is 19.6. The number of rotatable bonds is 9. The zero-order chi connectivity index (χ0) is 26.4. The number of aryl methyl sites for hydroxylation is 1. The summed E-state index contributed by atoms with van der Waals surface area (Å²) < 4.78 is 15.2. The summed E-state index contributed by atoms with van der Waals surface area (Å²) in [6, 6.07) is 18.3. The van der Waals surface area contributed by atoms with E-state index in [1.165, 1.54) is 48.5 Å². The van der Waals surface area contributed by atoms with E-state index in [4.69, 9.17) is 0 Å². The normalized spacial score (nSPS) is 10.6. The van der Waals surface area contributed by atoms with E-state index >= 15 is 0 Å². The number of hydrogen-bond acceptors (Lipinski definition) is 7. The van der Waals surface area contributed by atoms with Crippen LogP contribution < -0.4 is 10.6 Å². The number of benzene rings is 3. The Morgan fingerprint density at radius 1 is 1.05 bits per heavy atom. The number of nitro groups is 1. The first-order valence-electron chi connectivity index (χ1n) is 11.0. The van der Waals surface area contributed by atoms with Gasteiger partial charge in [0, 0.05) is 29.1 Å². The van der Waals surface area contributed by atoms with E-state index in [0.29, 0.717) is 22.4 Å². The first kappa shape index (κ1) is 25.5. The van der Waals surface area contributed by atoms with Crippen LogP contribution in [0.4, 0.5) is 15.8 Å². The van der Waals surface area contributed by atoms with Gasteiger partial charge in [-0.2, -0.15) is 0 Å². The van der Waals surface area contributed by atoms with Gasteiger partial charge in [-0.25, -0.2) is 4.39 Å². The molecule has 1 heterocycles. The number of amides is 2. The molecule has 12 heteroatoms. The van der Waals surface area contributed by atoms with Gasteiger partial charge in [0.1, 0.15) is 5.82 Å². The number of carbonyl (C=O) groups is 2. The van der Waals surface area contributed by atoms with Gasteiger partial charge in [-0.1, -0.05) is 23.9 Å². The van der Waals surface area contributed by atoms with Gasteiger partial charge in [-0.05, 0) is 61.0 Å². The summed E-state index contributed by atoms with van der Waals surface area (Å²) in [7, 11) is 0. The fraction of sp³-hybridized carbons (Fsp3) is 0.120. The first-order chi connectivity index (χ1) is 17.8. The largest absolute Gasteiger partial charge is 0.345 e. The van der Waals surface area contributed by atoms with Crippen molar-refractivity contribution in [1.29, 1.82) is 0 Å². The number of anilines is 1. The summed E-state index contributed by atoms with van der Waals surface area (Å²) in [4.78, 5) is 35.3. The lowest BCUT2D eigenvalue weighted by Crippen LogP contribution is -2.24. The molecule has 3 aromatic carbocycles. The minimum Gasteiger partial charge on any atom is -0.345 e. The second kappa shape index (κ2) is 11.4. The van der Waals surface area contributed by atoms with Crippen LogP contribution in [0.25, 0.3) is 5.69 Å². The summed E-state index contributed by atoms with van der Waals surface area (Å²) >= 11 is 1.14. The molecule has 37 heavy (non-hydrogen) atoms. The molecule has 0 spiro atoms. The number of nitro benzene ring substituents is 1. The number of carbonyl (C=O) groups excluding carboxylic acids is 2. The van der Waals surface area contributed by atoms with Gasteiger partial charge in [-0.3, -0.25) is 24.3 Å². The molecular weight excluding hydrogens is 499 g/mol. The lowest BCUT2D eigenvalue weighted by Gasteiger charge is -2.11. The Kier molecular flexibility index (Phi) is 7.89. The van der Waals surface area contributed by atoms with E-state index < -0.39 is 16.6 Å². The molecule has 0 bridgehead atoms. The highest BCUT2D eigenvalue weighted by atomic mass is 32.2. The number of nitrogens with one attached hydrogen (secondary N) is 2. The molecule has 4 rings (SSSR count). The highest BCUT2D eigenvalue weighted by Crippen LogP contribution is 2.23. The van der Waals surface area contributed by atoms with Crippen molar-refractivity contribution in [1.82, 2.24) is 20.1 Å². The molecule has 10 nitrogen and oxygen atoms in total. The third kappa shape index (κ3) is 6.55. The summed E-state index contributed by atoms with van der Waals surface area (Å²) in [5.74, 6) is -0.727. The van der Waals surface area contributed by atoms with E-state index in [2.05, 4.69) is 20.8 Å². The topological polar surface area (TPSA) is 132 Å². The van der Waals surface area contributed by atoms with Crippen molar-refractivity contribution in [3.8, 4) is 5.69 Å². The highest BCUT2D eigenvalue weighted by molar-refractivity contribution is 7.99. The van der Waals surface area contributed by atoms with Crippen LogP contribution in [0.2, 0.25) is 0 Å². The third-order valence-corrected chi connectivity index (χ3v) is 6.10. The Morgan fingerprint density at radius 2 is 1.78 bits per heavy atom. The molecule has 0 aliphatic heterocycles. The maximum Gasteiger partial charge on any atom is 0.269 e. The second-order valence-electron chi connectivity index (χ2n) is 7.90. The molecule has 4 aromatic rings. The molecule has 0 saturated carbocycles. The lowest BCUT2D eigenvalue weighted by atomic mass is 10.2. The summed E-state index contributed by atoms with van der Waals surface area (Å²) in [5, 5.41) is 25.1. The molecule has 0 atom stereocenters. The highest BCUT2D eigenvalue weighted by Gasteiger charge is 2.18. The van der Waals surface area contributed by atoms with Crippen LogP contribution in [-0.2, 0) is 11.3 Å². The molecule has 0 aliphatic carbocycles. The van der Waals surface area contributed by atoms with E-state index in [1.807, 2.05) is 25.1 Å². The van der Waals surface area contributed by atoms with E-state index in [9.17, 15) is 24.1 Å². The second-order valence-corrected chi connectivity index (χ2v) is 8.85. The Morgan fingerprint density at radius 3 is 2.46 bits per heavy atom.